The van der Waals surface area contributed by atoms with Crippen LogP contribution in [-0.2, 0) is 4.74 Å². The third kappa shape index (κ3) is 3.85. The first-order valence-electron chi connectivity index (χ1n) is 12.4. The van der Waals surface area contributed by atoms with Crippen LogP contribution < -0.4 is 0 Å². The lowest BCUT2D eigenvalue weighted by atomic mass is 9.86. The zero-order valence-corrected chi connectivity index (χ0v) is 19.6. The number of hydrogen-bond donors (Lipinski definition) is 1. The summed E-state index contributed by atoms with van der Waals surface area (Å²) in [6.45, 7) is 8.86. The lowest BCUT2D eigenvalue weighted by molar-refractivity contribution is 0.0252. The van der Waals surface area contributed by atoms with Crippen LogP contribution in [0.1, 0.15) is 62.5 Å². The van der Waals surface area contributed by atoms with Crippen molar-refractivity contribution in [2.75, 3.05) is 26.3 Å². The first-order valence-corrected chi connectivity index (χ1v) is 12.4. The van der Waals surface area contributed by atoms with Crippen LogP contribution in [0, 0.1) is 0 Å². The van der Waals surface area contributed by atoms with E-state index < -0.39 is 0 Å². The number of nitrogens with zero attached hydrogens (tertiary/aromatic N) is 4. The maximum atomic E-state index is 5.57. The van der Waals surface area contributed by atoms with Gasteiger partial charge in [-0.05, 0) is 86.0 Å². The van der Waals surface area contributed by atoms with Crippen molar-refractivity contribution >= 4 is 16.6 Å². The van der Waals surface area contributed by atoms with E-state index in [0.29, 0.717) is 11.8 Å². The molecule has 5 heterocycles. The van der Waals surface area contributed by atoms with Crippen molar-refractivity contribution < 1.29 is 4.74 Å². The highest BCUT2D eigenvalue weighted by molar-refractivity contribution is 5.92. The van der Waals surface area contributed by atoms with Gasteiger partial charge in [-0.25, -0.2) is 9.50 Å². The Morgan fingerprint density at radius 1 is 1.03 bits per heavy atom. The summed E-state index contributed by atoms with van der Waals surface area (Å²) in [5.74, 6) is 1.07. The van der Waals surface area contributed by atoms with E-state index in [1.54, 1.807) is 6.33 Å². The van der Waals surface area contributed by atoms with E-state index in [1.165, 1.54) is 66.5 Å². The maximum absolute atomic E-state index is 5.57. The van der Waals surface area contributed by atoms with Gasteiger partial charge < -0.3 is 14.6 Å². The molecule has 1 aromatic carbocycles. The fourth-order valence-corrected chi connectivity index (χ4v) is 5.92. The molecule has 3 aromatic heterocycles. The molecule has 0 radical (unpaired) electrons. The molecule has 0 spiro atoms. The highest BCUT2D eigenvalue weighted by atomic mass is 16.5. The zero-order chi connectivity index (χ0) is 22.4. The second kappa shape index (κ2) is 8.58. The quantitative estimate of drug-likeness (QED) is 0.461. The van der Waals surface area contributed by atoms with Crippen molar-refractivity contribution in [2.24, 2.45) is 0 Å². The highest BCUT2D eigenvalue weighted by Gasteiger charge is 2.27. The van der Waals surface area contributed by atoms with Crippen LogP contribution >= 0.6 is 0 Å². The van der Waals surface area contributed by atoms with Gasteiger partial charge in [-0.15, -0.1) is 0 Å². The lowest BCUT2D eigenvalue weighted by Gasteiger charge is -2.39. The molecule has 33 heavy (non-hydrogen) atoms. The van der Waals surface area contributed by atoms with Gasteiger partial charge >= 0.3 is 0 Å². The number of fused-ring (bicyclic) bond motifs is 2. The first kappa shape index (κ1) is 20.9. The summed E-state index contributed by atoms with van der Waals surface area (Å²) in [4.78, 5) is 10.7. The van der Waals surface area contributed by atoms with Crippen LogP contribution in [0.4, 0.5) is 0 Å². The fraction of sp³-hybridized carbons (Fsp3) is 0.481. The second-order valence-electron chi connectivity index (χ2n) is 10.0. The number of aromatic nitrogens is 4. The molecular formula is C27H33N5O. The smallest absolute Gasteiger partial charge is 0.155 e. The summed E-state index contributed by atoms with van der Waals surface area (Å²) in [6, 6.07) is 12.0. The molecule has 1 N–H and O–H groups in total. The topological polar surface area (TPSA) is 58.5 Å². The minimum atomic E-state index is 0.422. The van der Waals surface area contributed by atoms with Crippen LogP contribution in [0.5, 0.6) is 0 Å². The molecule has 0 aliphatic carbocycles. The number of nitrogens with one attached hydrogen (secondary N) is 1. The van der Waals surface area contributed by atoms with Gasteiger partial charge in [0.05, 0.1) is 5.69 Å². The van der Waals surface area contributed by atoms with Gasteiger partial charge in [0, 0.05) is 41.9 Å². The minimum absolute atomic E-state index is 0.422. The number of ether oxygens (including phenoxy) is 1. The lowest BCUT2D eigenvalue weighted by Crippen LogP contribution is -2.43. The van der Waals surface area contributed by atoms with Gasteiger partial charge in [-0.2, -0.15) is 5.10 Å². The minimum Gasteiger partial charge on any atom is -0.381 e. The molecule has 172 valence electrons. The van der Waals surface area contributed by atoms with E-state index in [-0.39, 0.29) is 0 Å². The molecule has 6 nitrogen and oxygen atoms in total. The molecule has 0 atom stereocenters. The van der Waals surface area contributed by atoms with Gasteiger partial charge in [-0.1, -0.05) is 19.9 Å². The number of hydrogen-bond acceptors (Lipinski definition) is 4. The predicted molar refractivity (Wildman–Crippen MR) is 132 cm³/mol. The van der Waals surface area contributed by atoms with Crippen LogP contribution in [-0.4, -0.2) is 56.8 Å². The molecule has 6 heteroatoms. The van der Waals surface area contributed by atoms with Gasteiger partial charge in [0.25, 0.3) is 0 Å². The summed E-state index contributed by atoms with van der Waals surface area (Å²) in [7, 11) is 0. The van der Waals surface area contributed by atoms with Crippen LogP contribution in [0.25, 0.3) is 27.8 Å². The number of likely N-dealkylation sites (tertiary alicyclic amines) is 1. The Bertz CT molecular complexity index is 1260. The Labute approximate surface area is 195 Å². The number of aromatic amines is 1. The highest BCUT2D eigenvalue weighted by Crippen LogP contribution is 2.38. The summed E-state index contributed by atoms with van der Waals surface area (Å²) in [6.07, 6.45) is 8.57. The van der Waals surface area contributed by atoms with Crippen molar-refractivity contribution in [1.82, 2.24) is 24.5 Å². The Kier molecular flexibility index (Phi) is 5.43. The van der Waals surface area contributed by atoms with Crippen molar-refractivity contribution in [3.05, 3.63) is 54.0 Å². The summed E-state index contributed by atoms with van der Waals surface area (Å²) in [5.41, 5.74) is 7.33. The fourth-order valence-electron chi connectivity index (χ4n) is 5.92. The van der Waals surface area contributed by atoms with Gasteiger partial charge in [-0.3, -0.25) is 0 Å². The second-order valence-corrected chi connectivity index (χ2v) is 10.0. The van der Waals surface area contributed by atoms with Crippen LogP contribution in [0.15, 0.2) is 42.9 Å². The molecule has 2 fully saturated rings. The number of piperidine rings is 1. The number of H-pyrrole nitrogens is 1. The molecule has 0 unspecified atom stereocenters. The summed E-state index contributed by atoms with van der Waals surface area (Å²) >= 11 is 0. The molecule has 0 bridgehead atoms. The van der Waals surface area contributed by atoms with Crippen molar-refractivity contribution in [3.8, 4) is 11.3 Å². The van der Waals surface area contributed by atoms with E-state index in [4.69, 9.17) is 4.74 Å². The average molecular weight is 444 g/mol. The molecule has 2 aliphatic heterocycles. The van der Waals surface area contributed by atoms with E-state index in [9.17, 15) is 0 Å². The molecular weight excluding hydrogens is 410 g/mol. The third-order valence-corrected chi connectivity index (χ3v) is 7.71. The van der Waals surface area contributed by atoms with E-state index in [2.05, 4.69) is 64.3 Å². The largest absolute Gasteiger partial charge is 0.381 e. The molecule has 4 aromatic rings. The number of benzene rings is 1. The van der Waals surface area contributed by atoms with Gasteiger partial charge in [0.15, 0.2) is 5.65 Å². The SMILES string of the molecule is CC(C)c1c(-c2ccc3ncnn3c2)[nH]c2ccc(C3CCN(C4CCOCC4)CC3)cc12. The molecule has 2 saturated heterocycles. The Morgan fingerprint density at radius 2 is 1.85 bits per heavy atom. The Balaban J connectivity index is 1.30. The van der Waals surface area contributed by atoms with Gasteiger partial charge in [0.1, 0.15) is 6.33 Å². The number of rotatable bonds is 4. The molecule has 0 saturated carbocycles. The third-order valence-electron chi connectivity index (χ3n) is 7.71. The zero-order valence-electron chi connectivity index (χ0n) is 19.6. The Hall–Kier alpha value is -2.70. The van der Waals surface area contributed by atoms with Crippen LogP contribution in [0.3, 0.4) is 0 Å². The average Bonchev–Trinajstić information content (AvgIpc) is 3.48. The van der Waals surface area contributed by atoms with E-state index in [1.807, 2.05) is 10.6 Å². The van der Waals surface area contributed by atoms with E-state index >= 15 is 0 Å². The monoisotopic (exact) mass is 443 g/mol. The first-order chi connectivity index (χ1) is 16.2. The van der Waals surface area contributed by atoms with E-state index in [0.717, 1.165) is 30.5 Å². The molecule has 0 amide bonds. The number of pyridine rings is 1. The predicted octanol–water partition coefficient (Wildman–Crippen LogP) is 5.36. The Morgan fingerprint density at radius 3 is 2.64 bits per heavy atom. The molecule has 6 rings (SSSR count). The van der Waals surface area contributed by atoms with Crippen molar-refractivity contribution in [3.63, 3.8) is 0 Å². The normalized spacial score (nSPS) is 19.2. The summed E-state index contributed by atoms with van der Waals surface area (Å²) in [5, 5.41) is 5.69. The van der Waals surface area contributed by atoms with Crippen molar-refractivity contribution in [2.45, 2.75) is 57.4 Å². The summed E-state index contributed by atoms with van der Waals surface area (Å²) < 4.78 is 7.42. The maximum Gasteiger partial charge on any atom is 0.155 e. The van der Waals surface area contributed by atoms with Crippen LogP contribution in [0.2, 0.25) is 0 Å². The molecule has 2 aliphatic rings. The standard InChI is InChI=1S/C27H33N5O/c1-18(2)26-23-15-20(19-7-11-31(12-8-19)22-9-13-33-14-10-22)3-5-24(23)30-27(26)21-4-6-25-28-17-29-32(25)16-21/h3-6,15-19,22,30H,7-14H2,1-2H3. The van der Waals surface area contributed by atoms with Crippen molar-refractivity contribution in [1.29, 1.82) is 0 Å². The van der Waals surface area contributed by atoms with Gasteiger partial charge in [0.2, 0.25) is 0 Å².